The van der Waals surface area contributed by atoms with Crippen LogP contribution in [-0.4, -0.2) is 53.6 Å². The molecule has 23 heavy (non-hydrogen) atoms. The average molecular weight is 316 g/mol. The summed E-state index contributed by atoms with van der Waals surface area (Å²) < 4.78 is 6.03. The van der Waals surface area contributed by atoms with E-state index in [1.54, 1.807) is 0 Å². The van der Waals surface area contributed by atoms with Crippen LogP contribution in [0.15, 0.2) is 30.3 Å². The van der Waals surface area contributed by atoms with Crippen molar-refractivity contribution >= 4 is 5.91 Å². The second-order valence-corrected chi connectivity index (χ2v) is 7.46. The number of hydrogen-bond acceptors (Lipinski definition) is 3. The van der Waals surface area contributed by atoms with E-state index in [4.69, 9.17) is 4.74 Å². The monoisotopic (exact) mass is 316 g/mol. The fourth-order valence-electron chi connectivity index (χ4n) is 3.96. The van der Waals surface area contributed by atoms with Crippen molar-refractivity contribution in [3.63, 3.8) is 0 Å². The van der Waals surface area contributed by atoms with E-state index >= 15 is 0 Å². The smallest absolute Gasteiger partial charge is 0.244 e. The Hall–Kier alpha value is -1.39. The fraction of sp³-hybridized carbons (Fsp3) is 0.632. The third kappa shape index (κ3) is 3.75. The largest absolute Gasteiger partial charge is 0.370 e. The molecule has 2 aliphatic rings. The molecule has 0 radical (unpaired) electrons. The Morgan fingerprint density at radius 2 is 1.87 bits per heavy atom. The minimum atomic E-state index is -0.226. The molecule has 0 aliphatic carbocycles. The first-order chi connectivity index (χ1) is 11.0. The maximum Gasteiger partial charge on any atom is 0.244 e. The van der Waals surface area contributed by atoms with Crippen molar-refractivity contribution in [2.24, 2.45) is 0 Å². The van der Waals surface area contributed by atoms with Gasteiger partial charge in [0.05, 0.1) is 11.7 Å². The van der Waals surface area contributed by atoms with Gasteiger partial charge in [-0.15, -0.1) is 0 Å². The van der Waals surface area contributed by atoms with Crippen LogP contribution >= 0.6 is 0 Å². The standard InChI is InChI=1S/C19H28N2O2/c1-15-13-21(14-19(2,3)23-15)17(16-9-5-4-6-10-16)18(22)20-11-7-8-12-20/h4-6,9-10,15,17H,7-8,11-14H2,1-3H3/t15-,17-/m0/s1. The molecule has 4 heteroatoms. The van der Waals surface area contributed by atoms with Gasteiger partial charge >= 0.3 is 0 Å². The van der Waals surface area contributed by atoms with Crippen LogP contribution in [0.4, 0.5) is 0 Å². The van der Waals surface area contributed by atoms with Gasteiger partial charge in [0, 0.05) is 26.2 Å². The van der Waals surface area contributed by atoms with Crippen molar-refractivity contribution < 1.29 is 9.53 Å². The molecule has 2 saturated heterocycles. The Morgan fingerprint density at radius 1 is 1.22 bits per heavy atom. The van der Waals surface area contributed by atoms with Crippen molar-refractivity contribution in [1.82, 2.24) is 9.80 Å². The van der Waals surface area contributed by atoms with E-state index in [0.717, 1.165) is 44.6 Å². The zero-order chi connectivity index (χ0) is 16.4. The van der Waals surface area contributed by atoms with Gasteiger partial charge in [-0.3, -0.25) is 9.69 Å². The summed E-state index contributed by atoms with van der Waals surface area (Å²) in [6, 6.07) is 10.0. The molecule has 0 spiro atoms. The quantitative estimate of drug-likeness (QED) is 0.859. The van der Waals surface area contributed by atoms with Crippen LogP contribution in [0.5, 0.6) is 0 Å². The average Bonchev–Trinajstić information content (AvgIpc) is 3.00. The molecule has 3 rings (SSSR count). The molecule has 0 aromatic heterocycles. The van der Waals surface area contributed by atoms with Crippen LogP contribution in [0.3, 0.4) is 0 Å². The first kappa shape index (κ1) is 16.5. The highest BCUT2D eigenvalue weighted by molar-refractivity contribution is 5.83. The van der Waals surface area contributed by atoms with Crippen molar-refractivity contribution in [1.29, 1.82) is 0 Å². The molecule has 0 saturated carbocycles. The number of rotatable bonds is 3. The third-order valence-electron chi connectivity index (χ3n) is 4.73. The van der Waals surface area contributed by atoms with Crippen LogP contribution < -0.4 is 0 Å². The number of amides is 1. The molecule has 2 fully saturated rings. The van der Waals surface area contributed by atoms with Gasteiger partial charge in [-0.1, -0.05) is 30.3 Å². The topological polar surface area (TPSA) is 32.8 Å². The van der Waals surface area contributed by atoms with Gasteiger partial charge in [-0.05, 0) is 39.2 Å². The van der Waals surface area contributed by atoms with E-state index in [2.05, 4.69) is 37.8 Å². The van der Waals surface area contributed by atoms with Crippen molar-refractivity contribution in [3.8, 4) is 0 Å². The Morgan fingerprint density at radius 3 is 2.48 bits per heavy atom. The Kier molecular flexibility index (Phi) is 4.74. The fourth-order valence-corrected chi connectivity index (χ4v) is 3.96. The molecule has 2 heterocycles. The van der Waals surface area contributed by atoms with Crippen LogP contribution in [0.1, 0.15) is 45.2 Å². The summed E-state index contributed by atoms with van der Waals surface area (Å²) >= 11 is 0. The van der Waals surface area contributed by atoms with E-state index in [-0.39, 0.29) is 23.7 Å². The predicted molar refractivity (Wildman–Crippen MR) is 91.2 cm³/mol. The lowest BCUT2D eigenvalue weighted by atomic mass is 9.98. The van der Waals surface area contributed by atoms with E-state index in [9.17, 15) is 4.79 Å². The van der Waals surface area contributed by atoms with E-state index < -0.39 is 0 Å². The number of nitrogens with zero attached hydrogens (tertiary/aromatic N) is 2. The lowest BCUT2D eigenvalue weighted by Crippen LogP contribution is -2.55. The van der Waals surface area contributed by atoms with Crippen LogP contribution in [0.2, 0.25) is 0 Å². The number of ether oxygens (including phenoxy) is 1. The summed E-state index contributed by atoms with van der Waals surface area (Å²) in [6.45, 7) is 9.67. The number of likely N-dealkylation sites (tertiary alicyclic amines) is 1. The number of benzene rings is 1. The van der Waals surface area contributed by atoms with Gasteiger partial charge < -0.3 is 9.64 Å². The minimum absolute atomic E-state index is 0.136. The molecule has 0 bridgehead atoms. The first-order valence-electron chi connectivity index (χ1n) is 8.72. The maximum absolute atomic E-state index is 13.2. The summed E-state index contributed by atoms with van der Waals surface area (Å²) in [5, 5.41) is 0. The van der Waals surface area contributed by atoms with Crippen LogP contribution in [0.25, 0.3) is 0 Å². The molecular formula is C19H28N2O2. The lowest BCUT2D eigenvalue weighted by molar-refractivity contribution is -0.155. The van der Waals surface area contributed by atoms with E-state index in [0.29, 0.717) is 0 Å². The maximum atomic E-state index is 13.2. The zero-order valence-corrected chi connectivity index (χ0v) is 14.5. The summed E-state index contributed by atoms with van der Waals surface area (Å²) in [7, 11) is 0. The van der Waals surface area contributed by atoms with Crippen LogP contribution in [0, 0.1) is 0 Å². The Bertz CT molecular complexity index is 538. The van der Waals surface area contributed by atoms with Crippen molar-refractivity contribution in [2.75, 3.05) is 26.2 Å². The van der Waals surface area contributed by atoms with Gasteiger partial charge in [-0.2, -0.15) is 0 Å². The van der Waals surface area contributed by atoms with Gasteiger partial charge in [0.25, 0.3) is 0 Å². The normalized spacial score (nSPS) is 26.2. The summed E-state index contributed by atoms with van der Waals surface area (Å²) in [4.78, 5) is 17.5. The van der Waals surface area contributed by atoms with Crippen LogP contribution in [-0.2, 0) is 9.53 Å². The molecule has 1 aromatic rings. The molecule has 126 valence electrons. The highest BCUT2D eigenvalue weighted by Crippen LogP contribution is 2.31. The third-order valence-corrected chi connectivity index (χ3v) is 4.73. The van der Waals surface area contributed by atoms with E-state index in [1.807, 2.05) is 23.1 Å². The molecule has 1 amide bonds. The van der Waals surface area contributed by atoms with Crippen molar-refractivity contribution in [3.05, 3.63) is 35.9 Å². The number of carbonyl (C=O) groups excluding carboxylic acids is 1. The van der Waals surface area contributed by atoms with Gasteiger partial charge in [0.1, 0.15) is 6.04 Å². The summed E-state index contributed by atoms with van der Waals surface area (Å²) in [6.07, 6.45) is 2.38. The lowest BCUT2D eigenvalue weighted by Gasteiger charge is -2.45. The molecule has 0 unspecified atom stereocenters. The molecule has 2 aliphatic heterocycles. The molecule has 4 nitrogen and oxygen atoms in total. The van der Waals surface area contributed by atoms with E-state index in [1.165, 1.54) is 0 Å². The van der Waals surface area contributed by atoms with Gasteiger partial charge in [0.15, 0.2) is 0 Å². The zero-order valence-electron chi connectivity index (χ0n) is 14.5. The number of carbonyl (C=O) groups is 1. The molecule has 0 N–H and O–H groups in total. The molecule has 2 atom stereocenters. The second kappa shape index (κ2) is 6.62. The second-order valence-electron chi connectivity index (χ2n) is 7.46. The van der Waals surface area contributed by atoms with Crippen molar-refractivity contribution in [2.45, 2.75) is 51.4 Å². The summed E-state index contributed by atoms with van der Waals surface area (Å²) in [5.74, 6) is 0.249. The Balaban J connectivity index is 1.90. The minimum Gasteiger partial charge on any atom is -0.370 e. The van der Waals surface area contributed by atoms with Gasteiger partial charge in [-0.25, -0.2) is 0 Å². The SMILES string of the molecule is C[C@H]1CN([C@H](C(=O)N2CCCC2)c2ccccc2)CC(C)(C)O1. The first-order valence-corrected chi connectivity index (χ1v) is 8.72. The highest BCUT2D eigenvalue weighted by atomic mass is 16.5. The Labute approximate surface area is 139 Å². The van der Waals surface area contributed by atoms with Gasteiger partial charge in [0.2, 0.25) is 5.91 Å². The predicted octanol–water partition coefficient (Wildman–Crippen LogP) is 2.85. The highest BCUT2D eigenvalue weighted by Gasteiger charge is 2.39. The molecular weight excluding hydrogens is 288 g/mol. The number of hydrogen-bond donors (Lipinski definition) is 0. The number of morpholine rings is 1. The molecule has 1 aromatic carbocycles. The summed E-state index contributed by atoms with van der Waals surface area (Å²) in [5.41, 5.74) is 0.866.